The molecule has 7 heteroatoms. The Balaban J connectivity index is 1.73. The second-order valence-corrected chi connectivity index (χ2v) is 7.87. The van der Waals surface area contributed by atoms with Gasteiger partial charge in [0.15, 0.2) is 5.13 Å². The summed E-state index contributed by atoms with van der Waals surface area (Å²) in [5.74, 6) is 0.381. The van der Waals surface area contributed by atoms with Crippen LogP contribution in [-0.4, -0.2) is 47.4 Å². The van der Waals surface area contributed by atoms with E-state index in [2.05, 4.69) is 34.4 Å². The monoisotopic (exact) mass is 352 g/mol. The van der Waals surface area contributed by atoms with Crippen LogP contribution in [0.5, 0.6) is 0 Å². The van der Waals surface area contributed by atoms with E-state index in [-0.39, 0.29) is 24.2 Å². The molecule has 0 bridgehead atoms. The Morgan fingerprint density at radius 3 is 2.75 bits per heavy atom. The van der Waals surface area contributed by atoms with Crippen LogP contribution in [0.2, 0.25) is 0 Å². The van der Waals surface area contributed by atoms with Gasteiger partial charge in [-0.15, -0.1) is 11.3 Å². The van der Waals surface area contributed by atoms with Crippen LogP contribution in [0.25, 0.3) is 0 Å². The van der Waals surface area contributed by atoms with Crippen molar-refractivity contribution >= 4 is 28.3 Å². The molecule has 0 aliphatic carbocycles. The Morgan fingerprint density at radius 1 is 1.38 bits per heavy atom. The maximum Gasteiger partial charge on any atom is 0.228 e. The zero-order valence-corrected chi connectivity index (χ0v) is 15.8. The third kappa shape index (κ3) is 5.56. The summed E-state index contributed by atoms with van der Waals surface area (Å²) in [7, 11) is 0. The molecular formula is C17H28N4O2S. The van der Waals surface area contributed by atoms with E-state index < -0.39 is 0 Å². The fourth-order valence-corrected chi connectivity index (χ4v) is 3.39. The number of anilines is 1. The van der Waals surface area contributed by atoms with Crippen LogP contribution in [0.1, 0.15) is 39.8 Å². The van der Waals surface area contributed by atoms with Crippen molar-refractivity contribution in [1.82, 2.24) is 15.2 Å². The molecule has 0 radical (unpaired) electrons. The lowest BCUT2D eigenvalue weighted by Gasteiger charge is -2.20. The van der Waals surface area contributed by atoms with Gasteiger partial charge >= 0.3 is 0 Å². The summed E-state index contributed by atoms with van der Waals surface area (Å²) >= 11 is 1.35. The third-order valence-electron chi connectivity index (χ3n) is 4.28. The molecule has 1 aliphatic rings. The van der Waals surface area contributed by atoms with Crippen LogP contribution in [-0.2, 0) is 16.0 Å². The molecular weight excluding hydrogens is 324 g/mol. The highest BCUT2D eigenvalue weighted by Crippen LogP contribution is 2.18. The molecule has 0 spiro atoms. The van der Waals surface area contributed by atoms with E-state index in [4.69, 9.17) is 0 Å². The van der Waals surface area contributed by atoms with Crippen LogP contribution in [0.4, 0.5) is 5.13 Å². The lowest BCUT2D eigenvalue weighted by atomic mass is 10.1. The van der Waals surface area contributed by atoms with Crippen molar-refractivity contribution in [3.63, 3.8) is 0 Å². The Morgan fingerprint density at radius 2 is 2.12 bits per heavy atom. The molecule has 1 aromatic rings. The van der Waals surface area contributed by atoms with E-state index in [1.807, 2.05) is 19.2 Å². The van der Waals surface area contributed by atoms with Crippen molar-refractivity contribution in [3.05, 3.63) is 11.1 Å². The number of nitrogens with one attached hydrogen (secondary N) is 2. The number of amides is 2. The van der Waals surface area contributed by atoms with Gasteiger partial charge in [-0.3, -0.25) is 9.59 Å². The van der Waals surface area contributed by atoms with Crippen LogP contribution >= 0.6 is 11.3 Å². The smallest absolute Gasteiger partial charge is 0.228 e. The maximum absolute atomic E-state index is 12.1. The number of hydrogen-bond donors (Lipinski definition) is 2. The van der Waals surface area contributed by atoms with Gasteiger partial charge in [0.25, 0.3) is 0 Å². The quantitative estimate of drug-likeness (QED) is 0.788. The van der Waals surface area contributed by atoms with Crippen LogP contribution in [0.15, 0.2) is 5.38 Å². The second kappa shape index (κ2) is 8.58. The molecule has 134 valence electrons. The number of thiazole rings is 1. The number of carbonyl (C=O) groups excluding carboxylic acids is 2. The van der Waals surface area contributed by atoms with Crippen molar-refractivity contribution < 1.29 is 9.59 Å². The lowest BCUT2D eigenvalue weighted by Crippen LogP contribution is -2.33. The van der Waals surface area contributed by atoms with Crippen LogP contribution in [0, 0.1) is 11.8 Å². The summed E-state index contributed by atoms with van der Waals surface area (Å²) in [5.41, 5.74) is 0.701. The topological polar surface area (TPSA) is 74.3 Å². The first-order valence-corrected chi connectivity index (χ1v) is 9.49. The van der Waals surface area contributed by atoms with E-state index in [1.165, 1.54) is 11.3 Å². The second-order valence-electron chi connectivity index (χ2n) is 7.01. The summed E-state index contributed by atoms with van der Waals surface area (Å²) < 4.78 is 0. The number of carbonyl (C=O) groups is 2. The largest absolute Gasteiger partial charge is 0.355 e. The normalized spacial score (nSPS) is 18.3. The lowest BCUT2D eigenvalue weighted by molar-refractivity contribution is -0.120. The third-order valence-corrected chi connectivity index (χ3v) is 5.09. The Kier molecular flexibility index (Phi) is 6.74. The van der Waals surface area contributed by atoms with Gasteiger partial charge < -0.3 is 15.5 Å². The first-order chi connectivity index (χ1) is 11.3. The van der Waals surface area contributed by atoms with Gasteiger partial charge in [-0.05, 0) is 32.7 Å². The maximum atomic E-state index is 12.1. The van der Waals surface area contributed by atoms with Gasteiger partial charge in [0, 0.05) is 30.4 Å². The highest BCUT2D eigenvalue weighted by atomic mass is 32.1. The molecule has 1 aromatic heterocycles. The van der Waals surface area contributed by atoms with Gasteiger partial charge in [-0.1, -0.05) is 13.8 Å². The minimum Gasteiger partial charge on any atom is -0.355 e. The Bertz CT molecular complexity index is 571. The zero-order valence-electron chi connectivity index (χ0n) is 15.0. The molecule has 0 aromatic carbocycles. The highest BCUT2D eigenvalue weighted by molar-refractivity contribution is 7.13. The number of nitrogens with zero attached hydrogens (tertiary/aromatic N) is 2. The average molecular weight is 353 g/mol. The van der Waals surface area contributed by atoms with Gasteiger partial charge in [0.1, 0.15) is 0 Å². The Hall–Kier alpha value is -1.47. The van der Waals surface area contributed by atoms with Gasteiger partial charge in [-0.2, -0.15) is 0 Å². The molecule has 2 N–H and O–H groups in total. The van der Waals surface area contributed by atoms with Crippen molar-refractivity contribution in [2.75, 3.05) is 25.0 Å². The molecule has 24 heavy (non-hydrogen) atoms. The number of aromatic nitrogens is 1. The number of rotatable bonds is 7. The van der Waals surface area contributed by atoms with E-state index in [1.54, 1.807) is 0 Å². The van der Waals surface area contributed by atoms with Gasteiger partial charge in [0.2, 0.25) is 11.8 Å². The first-order valence-electron chi connectivity index (χ1n) is 8.61. The summed E-state index contributed by atoms with van der Waals surface area (Å²) in [5, 5.41) is 8.15. The highest BCUT2D eigenvalue weighted by Gasteiger charge is 2.24. The predicted molar refractivity (Wildman–Crippen MR) is 97.1 cm³/mol. The van der Waals surface area contributed by atoms with E-state index >= 15 is 0 Å². The average Bonchev–Trinajstić information content (AvgIpc) is 3.14. The summed E-state index contributed by atoms with van der Waals surface area (Å²) in [6.45, 7) is 11.0. The summed E-state index contributed by atoms with van der Waals surface area (Å²) in [4.78, 5) is 30.5. The Labute approximate surface area is 148 Å². The van der Waals surface area contributed by atoms with Crippen molar-refractivity contribution in [2.24, 2.45) is 11.8 Å². The van der Waals surface area contributed by atoms with E-state index in [0.29, 0.717) is 22.8 Å². The van der Waals surface area contributed by atoms with E-state index in [9.17, 15) is 9.59 Å². The van der Waals surface area contributed by atoms with Crippen molar-refractivity contribution in [3.8, 4) is 0 Å². The molecule has 6 nitrogen and oxygen atoms in total. The molecule has 2 rings (SSSR count). The standard InChI is InChI=1S/C17H28N4O2S/c1-11(2)16(23)20-17-19-14(10-24-17)7-15(22)18-8-13-5-6-21(9-13)12(3)4/h10-13H,5-9H2,1-4H3,(H,18,22)(H,19,20,23)/t13-/m0/s1. The zero-order chi connectivity index (χ0) is 17.7. The minimum absolute atomic E-state index is 0.00923. The fourth-order valence-electron chi connectivity index (χ4n) is 2.68. The number of hydrogen-bond acceptors (Lipinski definition) is 5. The van der Waals surface area contributed by atoms with Crippen molar-refractivity contribution in [2.45, 2.75) is 46.6 Å². The minimum atomic E-state index is -0.0857. The molecule has 0 saturated carbocycles. The summed E-state index contributed by atoms with van der Waals surface area (Å²) in [6, 6.07) is 0.570. The van der Waals surface area contributed by atoms with E-state index in [0.717, 1.165) is 26.1 Å². The van der Waals surface area contributed by atoms with Crippen LogP contribution < -0.4 is 10.6 Å². The van der Waals surface area contributed by atoms with Crippen molar-refractivity contribution in [1.29, 1.82) is 0 Å². The summed E-state index contributed by atoms with van der Waals surface area (Å²) in [6.07, 6.45) is 1.40. The van der Waals surface area contributed by atoms with Crippen LogP contribution in [0.3, 0.4) is 0 Å². The molecule has 2 heterocycles. The molecule has 1 aliphatic heterocycles. The molecule has 0 unspecified atom stereocenters. The first kappa shape index (κ1) is 18.9. The van der Waals surface area contributed by atoms with Gasteiger partial charge in [0.05, 0.1) is 12.1 Å². The molecule has 1 saturated heterocycles. The molecule has 1 atom stereocenters. The SMILES string of the molecule is CC(C)C(=O)Nc1nc(CC(=O)NC[C@@H]2CCN(C(C)C)C2)cs1. The predicted octanol–water partition coefficient (Wildman–Crippen LogP) is 2.13. The fraction of sp³-hybridized carbons (Fsp3) is 0.706. The molecule has 2 amide bonds. The van der Waals surface area contributed by atoms with Gasteiger partial charge in [-0.25, -0.2) is 4.98 Å². The number of likely N-dealkylation sites (tertiary alicyclic amines) is 1. The molecule has 1 fully saturated rings.